The van der Waals surface area contributed by atoms with Gasteiger partial charge in [-0.1, -0.05) is 173 Å². The Kier molecular flexibility index (Phi) is 66.7. The molecule has 0 heterocycles. The Morgan fingerprint density at radius 2 is 0.624 bits per heavy atom. The highest BCUT2D eigenvalue weighted by atomic mass is 35.5. The van der Waals surface area contributed by atoms with Crippen molar-refractivity contribution in [2.24, 2.45) is 0 Å². The third-order valence-electron chi connectivity index (χ3n) is 13.1. The molecule has 492 valence electrons. The topological polar surface area (TPSA) is 249 Å². The monoisotopic (exact) mass is 1290 g/mol. The lowest BCUT2D eigenvalue weighted by atomic mass is 10.1. The summed E-state index contributed by atoms with van der Waals surface area (Å²) in [6, 6.07) is -0.0381. The lowest BCUT2D eigenvalue weighted by Gasteiger charge is -2.16. The molecule has 0 aromatic carbocycles. The molecule has 0 aromatic heterocycles. The van der Waals surface area contributed by atoms with Crippen LogP contribution in [-0.2, 0) is 38.4 Å². The molecular weight excluding hydrogens is 1180 g/mol. The van der Waals surface area contributed by atoms with Crippen LogP contribution in [0.1, 0.15) is 240 Å². The molecule has 0 saturated carbocycles. The summed E-state index contributed by atoms with van der Waals surface area (Å²) < 4.78 is 0. The number of carboxylic acids is 2. The number of carbonyl (C=O) groups excluding carboxylic acids is 6. The van der Waals surface area contributed by atoms with Gasteiger partial charge in [-0.3, -0.25) is 38.4 Å². The Labute approximate surface area is 536 Å². The molecule has 0 bridgehead atoms. The fraction of sp³-hybridized carbons (Fsp3) is 0.750. The van der Waals surface area contributed by atoms with E-state index in [1.807, 2.05) is 0 Å². The van der Waals surface area contributed by atoms with Gasteiger partial charge in [-0.15, -0.1) is 23.2 Å². The second-order valence-corrected chi connectivity index (χ2v) is 25.8. The zero-order valence-electron chi connectivity index (χ0n) is 52.9. The summed E-state index contributed by atoms with van der Waals surface area (Å²) in [6.07, 6.45) is 49.3. The van der Waals surface area contributed by atoms with Crippen molar-refractivity contribution in [3.05, 3.63) is 48.6 Å². The fourth-order valence-corrected chi connectivity index (χ4v) is 12.0. The Bertz CT molecular complexity index is 1710. The highest BCUT2D eigenvalue weighted by Crippen LogP contribution is 2.24. The first-order valence-corrected chi connectivity index (χ1v) is 36.1. The number of amides is 6. The number of rotatable bonds is 54. The van der Waals surface area contributed by atoms with Crippen molar-refractivity contribution < 1.29 is 48.6 Å². The van der Waals surface area contributed by atoms with Crippen molar-refractivity contribution in [2.45, 2.75) is 264 Å². The van der Waals surface area contributed by atoms with Crippen molar-refractivity contribution in [3.63, 3.8) is 0 Å². The zero-order valence-corrected chi connectivity index (χ0v) is 56.9. The summed E-state index contributed by atoms with van der Waals surface area (Å²) in [7, 11) is 6.73. The average molecular weight is 1290 g/mol. The first-order valence-electron chi connectivity index (χ1n) is 31.4. The molecule has 0 aliphatic heterocycles. The van der Waals surface area contributed by atoms with Gasteiger partial charge in [0.15, 0.2) is 0 Å². The van der Waals surface area contributed by atoms with E-state index in [1.165, 1.54) is 52.4 Å². The van der Waals surface area contributed by atoms with Gasteiger partial charge in [0.2, 0.25) is 35.4 Å². The van der Waals surface area contributed by atoms with E-state index < -0.39 is 11.9 Å². The Balaban J connectivity index is -0.00000151. The largest absolute Gasteiger partial charge is 0.481 e. The number of thioether (sulfide) groups is 1. The summed E-state index contributed by atoms with van der Waals surface area (Å²) in [4.78, 5) is 90.1. The third kappa shape index (κ3) is 72.7. The van der Waals surface area contributed by atoms with E-state index in [1.54, 1.807) is 61.3 Å². The van der Waals surface area contributed by atoms with Gasteiger partial charge in [-0.05, 0) is 89.2 Å². The molecule has 8 N–H and O–H groups in total. The number of alkyl halides is 2. The van der Waals surface area contributed by atoms with Crippen LogP contribution in [0.25, 0.3) is 0 Å². The van der Waals surface area contributed by atoms with Gasteiger partial charge in [0.25, 0.3) is 0 Å². The number of unbranched alkanes of at least 4 members (excludes halogenated alkanes) is 24. The Morgan fingerprint density at radius 3 is 0.906 bits per heavy atom. The van der Waals surface area contributed by atoms with Gasteiger partial charge >= 0.3 is 11.9 Å². The third-order valence-corrected chi connectivity index (χ3v) is 16.7. The van der Waals surface area contributed by atoms with Gasteiger partial charge in [-0.2, -0.15) is 11.8 Å². The summed E-state index contributed by atoms with van der Waals surface area (Å²) >= 11 is 11.3. The zero-order chi connectivity index (χ0) is 63.8. The van der Waals surface area contributed by atoms with E-state index >= 15 is 0 Å². The van der Waals surface area contributed by atoms with Crippen LogP contribution in [0.5, 0.6) is 0 Å². The fourth-order valence-electron chi connectivity index (χ4n) is 8.65. The Hall–Kier alpha value is -3.65. The smallest absolute Gasteiger partial charge is 0.303 e. The van der Waals surface area contributed by atoms with Crippen molar-refractivity contribution in [1.29, 1.82) is 0 Å². The van der Waals surface area contributed by atoms with Gasteiger partial charge in [-0.25, -0.2) is 0 Å². The Morgan fingerprint density at radius 1 is 0.376 bits per heavy atom. The first kappa shape index (κ1) is 85.6. The van der Waals surface area contributed by atoms with Crippen LogP contribution in [-0.4, -0.2) is 124 Å². The molecule has 6 amide bonds. The lowest BCUT2D eigenvalue weighted by molar-refractivity contribution is -0.138. The molecule has 0 aliphatic carbocycles. The molecule has 16 nitrogen and oxygen atoms in total. The highest BCUT2D eigenvalue weighted by molar-refractivity contribution is 8.76. The number of nitrogens with one attached hydrogen (secondary N) is 6. The molecule has 85 heavy (non-hydrogen) atoms. The molecule has 0 unspecified atom stereocenters. The van der Waals surface area contributed by atoms with Gasteiger partial charge in [0.1, 0.15) is 0 Å². The minimum absolute atomic E-state index is 0.00997. The van der Waals surface area contributed by atoms with E-state index in [0.29, 0.717) is 12.8 Å². The number of halogens is 2. The van der Waals surface area contributed by atoms with Crippen LogP contribution in [0, 0.1) is 0 Å². The SMILES string of the molecule is CC(=O)N[C@H](/C=C/CCCCCCCCC(=O)O)CSSC[C@@H](/C=C/CCCCCCCCC(=O)O)NC(C)=O.CNC(=O)CCCCCCCC/C=C/[C@H](CCSC[C@@H](/C=C/CCCCCCCCC(=O)NC)NC(C)=O)NC(C)=O.ClCCl. The molecule has 0 fully saturated rings. The molecule has 0 aliphatic rings. The van der Waals surface area contributed by atoms with Crippen LogP contribution >= 0.6 is 56.6 Å². The molecule has 0 spiro atoms. The second-order valence-electron chi connectivity index (χ2n) is 21.2. The number of allylic oxidation sites excluding steroid dienone is 4. The number of aliphatic carboxylic acids is 2. The predicted octanol–water partition coefficient (Wildman–Crippen LogP) is 14.3. The van der Waals surface area contributed by atoms with E-state index in [2.05, 4.69) is 80.5 Å². The average Bonchev–Trinajstić information content (AvgIpc) is 3.44. The summed E-state index contributed by atoms with van der Waals surface area (Å²) in [5, 5.41) is 34.9. The maximum Gasteiger partial charge on any atom is 0.303 e. The standard InChI is InChI=1S/C33H60N4O4S.C30H52N2O6S2.CH2Cl2/c1-28(38)36-30(21-17-13-9-5-7-11-15-19-23-32(40)34-3)25-26-42-27-31(37-29(2)39)22-18-14-10-6-8-12-16-20-24-33(41)35-4;1-25(33)31-27(19-15-11-7-3-5-9-13-17-21-29(35)36)23-39-40-24-28(32-26(2)34)20-16-12-8-4-6-10-14-18-22-30(37)38;2-1-3/h17-18,21-22,30-31H,5-16,19-20,23-27H2,1-4H3,(H,34,40)(H,35,41)(H,36,38)(H,37,39);15-16,19-20,27-28H,3-14,17-18,21-24H2,1-2H3,(H,31,33)(H,32,34)(H,35,36)(H,37,38);1H2/b21-17+,22-18+;19-15+,20-16+;/t30-,31-;27-,28-;/m11./s1. The van der Waals surface area contributed by atoms with E-state index in [4.69, 9.17) is 33.4 Å². The van der Waals surface area contributed by atoms with Crippen LogP contribution in [0.2, 0.25) is 0 Å². The molecule has 21 heteroatoms. The predicted molar refractivity (Wildman–Crippen MR) is 362 cm³/mol. The summed E-state index contributed by atoms with van der Waals surface area (Å²) in [5.74, 6) is 1.84. The molecule has 0 aromatic rings. The lowest BCUT2D eigenvalue weighted by Crippen LogP contribution is -2.34. The van der Waals surface area contributed by atoms with Crippen LogP contribution in [0.4, 0.5) is 0 Å². The maximum atomic E-state index is 11.7. The van der Waals surface area contributed by atoms with E-state index in [9.17, 15) is 38.4 Å². The van der Waals surface area contributed by atoms with Crippen molar-refractivity contribution in [1.82, 2.24) is 31.9 Å². The summed E-state index contributed by atoms with van der Waals surface area (Å²) in [6.45, 7) is 6.17. The molecule has 4 atom stereocenters. The van der Waals surface area contributed by atoms with Crippen molar-refractivity contribution >= 4 is 104 Å². The summed E-state index contributed by atoms with van der Waals surface area (Å²) in [5.41, 5.74) is 0. The van der Waals surface area contributed by atoms with Gasteiger partial charge in [0, 0.05) is 90.8 Å². The highest BCUT2D eigenvalue weighted by Gasteiger charge is 2.12. The molecule has 0 rings (SSSR count). The van der Waals surface area contributed by atoms with Gasteiger partial charge in [0.05, 0.1) is 23.5 Å². The minimum atomic E-state index is -0.720. The van der Waals surface area contributed by atoms with Crippen LogP contribution < -0.4 is 31.9 Å². The first-order chi connectivity index (χ1) is 40.9. The molecule has 0 saturated heterocycles. The number of carboxylic acid groups (broad SMARTS) is 2. The number of hydrogen-bond donors (Lipinski definition) is 8. The molecule has 0 radical (unpaired) electrons. The number of hydrogen-bond acceptors (Lipinski definition) is 11. The van der Waals surface area contributed by atoms with E-state index in [0.717, 1.165) is 171 Å². The maximum absolute atomic E-state index is 11.7. The normalized spacial score (nSPS) is 12.6. The van der Waals surface area contributed by atoms with Crippen molar-refractivity contribution in [2.75, 3.05) is 42.4 Å². The van der Waals surface area contributed by atoms with Crippen LogP contribution in [0.15, 0.2) is 48.6 Å². The van der Waals surface area contributed by atoms with Crippen LogP contribution in [0.3, 0.4) is 0 Å². The second kappa shape index (κ2) is 66.3. The minimum Gasteiger partial charge on any atom is -0.481 e. The van der Waals surface area contributed by atoms with E-state index in [-0.39, 0.29) is 77.8 Å². The quantitative estimate of drug-likeness (QED) is 0.0122. The van der Waals surface area contributed by atoms with Crippen molar-refractivity contribution in [3.8, 4) is 0 Å². The number of carbonyl (C=O) groups is 8. The molecular formula is C64H114Cl2N6O10S3. The van der Waals surface area contributed by atoms with Gasteiger partial charge < -0.3 is 42.1 Å².